The largest absolute Gasteiger partial charge is 0.365 e. The van der Waals surface area contributed by atoms with Gasteiger partial charge in [0.2, 0.25) is 0 Å². The van der Waals surface area contributed by atoms with Crippen molar-refractivity contribution in [1.82, 2.24) is 5.06 Å². The summed E-state index contributed by atoms with van der Waals surface area (Å²) in [5.41, 5.74) is 0.690. The van der Waals surface area contributed by atoms with Gasteiger partial charge in [0.05, 0.1) is 19.3 Å². The van der Waals surface area contributed by atoms with Crippen LogP contribution in [0.1, 0.15) is 25.8 Å². The van der Waals surface area contributed by atoms with Crippen LogP contribution in [0.4, 0.5) is 0 Å². The SMILES string of the molecule is C=CCO[C@]12C[C@@H]3CON(Cc4ccccc4)[C@@H]3[C@H]1O[C@@H]1OC(C)(C)O[C@@H]12. The second kappa shape index (κ2) is 6.37. The third kappa shape index (κ3) is 2.78. The second-order valence-electron chi connectivity index (χ2n) is 8.35. The summed E-state index contributed by atoms with van der Waals surface area (Å²) in [7, 11) is 0. The molecule has 0 amide bonds. The van der Waals surface area contributed by atoms with Gasteiger partial charge < -0.3 is 18.9 Å². The molecule has 0 aromatic heterocycles. The Balaban J connectivity index is 1.43. The zero-order chi connectivity index (χ0) is 18.6. The lowest BCUT2D eigenvalue weighted by Crippen LogP contribution is -2.52. The maximum Gasteiger partial charge on any atom is 0.190 e. The fraction of sp³-hybridized carbons (Fsp3) is 0.619. The van der Waals surface area contributed by atoms with E-state index in [1.54, 1.807) is 6.08 Å². The van der Waals surface area contributed by atoms with Crippen LogP contribution in [0.2, 0.25) is 0 Å². The van der Waals surface area contributed by atoms with E-state index < -0.39 is 17.7 Å². The van der Waals surface area contributed by atoms with E-state index in [4.69, 9.17) is 23.8 Å². The molecule has 3 saturated heterocycles. The first-order chi connectivity index (χ1) is 13.0. The molecular weight excluding hydrogens is 346 g/mol. The van der Waals surface area contributed by atoms with Crippen molar-refractivity contribution in [2.24, 2.45) is 5.92 Å². The Hall–Kier alpha value is -1.28. The molecule has 0 N–H and O–H groups in total. The van der Waals surface area contributed by atoms with Gasteiger partial charge in [-0.15, -0.1) is 6.58 Å². The van der Waals surface area contributed by atoms with Crippen molar-refractivity contribution in [2.45, 2.75) is 62.7 Å². The third-order valence-electron chi connectivity index (χ3n) is 6.11. The molecule has 27 heavy (non-hydrogen) atoms. The first-order valence-corrected chi connectivity index (χ1v) is 9.72. The molecule has 146 valence electrons. The van der Waals surface area contributed by atoms with Gasteiger partial charge in [0, 0.05) is 12.5 Å². The Bertz CT molecular complexity index is 710. The van der Waals surface area contributed by atoms with Gasteiger partial charge in [0.1, 0.15) is 17.8 Å². The number of rotatable bonds is 5. The van der Waals surface area contributed by atoms with Crippen molar-refractivity contribution in [1.29, 1.82) is 0 Å². The molecule has 6 atom stereocenters. The van der Waals surface area contributed by atoms with Gasteiger partial charge in [-0.2, -0.15) is 5.06 Å². The molecule has 0 spiro atoms. The molecule has 3 aliphatic heterocycles. The Morgan fingerprint density at radius 1 is 1.22 bits per heavy atom. The van der Waals surface area contributed by atoms with E-state index in [0.29, 0.717) is 19.1 Å². The second-order valence-corrected chi connectivity index (χ2v) is 8.35. The normalized spacial score (nSPS) is 42.1. The number of benzene rings is 1. The maximum atomic E-state index is 6.40. The Morgan fingerprint density at radius 2 is 2.04 bits per heavy atom. The predicted molar refractivity (Wildman–Crippen MR) is 97.4 cm³/mol. The van der Waals surface area contributed by atoms with Crippen molar-refractivity contribution < 1.29 is 23.8 Å². The van der Waals surface area contributed by atoms with Crippen LogP contribution in [-0.2, 0) is 30.3 Å². The van der Waals surface area contributed by atoms with Gasteiger partial charge in [-0.05, 0) is 25.8 Å². The Morgan fingerprint density at radius 3 is 2.81 bits per heavy atom. The van der Waals surface area contributed by atoms with E-state index in [-0.39, 0.29) is 18.2 Å². The molecule has 1 aromatic carbocycles. The first kappa shape index (κ1) is 17.8. The lowest BCUT2D eigenvalue weighted by Gasteiger charge is -2.36. The third-order valence-corrected chi connectivity index (χ3v) is 6.11. The summed E-state index contributed by atoms with van der Waals surface area (Å²) < 4.78 is 25.0. The maximum absolute atomic E-state index is 6.40. The smallest absolute Gasteiger partial charge is 0.190 e. The summed E-state index contributed by atoms with van der Waals surface area (Å²) in [6.07, 6.45) is 1.82. The number of fused-ring (bicyclic) bond motifs is 5. The van der Waals surface area contributed by atoms with Gasteiger partial charge in [0.15, 0.2) is 12.1 Å². The summed E-state index contributed by atoms with van der Waals surface area (Å²) in [5.74, 6) is -0.320. The standard InChI is InChI=1S/C21H27NO5/c1-4-10-23-21-11-15-13-24-22(12-14-8-6-5-7-9-14)16(15)17(21)25-19-18(21)26-20(2,3)27-19/h4-9,15-19H,1,10-13H2,2-3H3/t15-,16+,17-,18+,19-,21-/m1/s1. The van der Waals surface area contributed by atoms with Gasteiger partial charge >= 0.3 is 0 Å². The van der Waals surface area contributed by atoms with Crippen LogP contribution in [0, 0.1) is 5.92 Å². The van der Waals surface area contributed by atoms with Crippen LogP contribution in [0.25, 0.3) is 0 Å². The fourth-order valence-electron chi connectivity index (χ4n) is 5.13. The summed E-state index contributed by atoms with van der Waals surface area (Å²) in [6.45, 7) is 9.53. The molecule has 4 fully saturated rings. The molecule has 3 heterocycles. The Labute approximate surface area is 159 Å². The number of hydroxylamine groups is 2. The monoisotopic (exact) mass is 373 g/mol. The quantitative estimate of drug-likeness (QED) is 0.740. The number of ether oxygens (including phenoxy) is 4. The van der Waals surface area contributed by atoms with Crippen molar-refractivity contribution in [2.75, 3.05) is 13.2 Å². The predicted octanol–water partition coefficient (Wildman–Crippen LogP) is 2.64. The molecular formula is C21H27NO5. The van der Waals surface area contributed by atoms with Crippen molar-refractivity contribution >= 4 is 0 Å². The van der Waals surface area contributed by atoms with E-state index in [1.807, 2.05) is 19.9 Å². The zero-order valence-corrected chi connectivity index (χ0v) is 15.9. The van der Waals surface area contributed by atoms with Crippen LogP contribution in [0.3, 0.4) is 0 Å². The fourth-order valence-corrected chi connectivity index (χ4v) is 5.13. The van der Waals surface area contributed by atoms with E-state index in [1.165, 1.54) is 5.56 Å². The molecule has 0 bridgehead atoms. The minimum Gasteiger partial charge on any atom is -0.365 e. The average molecular weight is 373 g/mol. The average Bonchev–Trinajstić information content (AvgIpc) is 3.31. The highest BCUT2D eigenvalue weighted by Crippen LogP contribution is 2.56. The van der Waals surface area contributed by atoms with Gasteiger partial charge in [0.25, 0.3) is 0 Å². The highest BCUT2D eigenvalue weighted by Gasteiger charge is 2.72. The molecule has 1 saturated carbocycles. The van der Waals surface area contributed by atoms with E-state index in [0.717, 1.165) is 13.0 Å². The topological polar surface area (TPSA) is 49.4 Å². The highest BCUT2D eigenvalue weighted by molar-refractivity contribution is 5.20. The summed E-state index contributed by atoms with van der Waals surface area (Å²) in [6, 6.07) is 10.5. The van der Waals surface area contributed by atoms with Crippen LogP contribution < -0.4 is 0 Å². The molecule has 5 rings (SSSR count). The first-order valence-electron chi connectivity index (χ1n) is 9.72. The minimum atomic E-state index is -0.664. The molecule has 1 aromatic rings. The number of hydrogen-bond acceptors (Lipinski definition) is 6. The molecule has 6 heteroatoms. The van der Waals surface area contributed by atoms with Crippen molar-refractivity contribution in [3.63, 3.8) is 0 Å². The van der Waals surface area contributed by atoms with E-state index >= 15 is 0 Å². The van der Waals surface area contributed by atoms with Crippen molar-refractivity contribution in [3.05, 3.63) is 48.6 Å². The summed E-state index contributed by atoms with van der Waals surface area (Å²) in [5, 5.41) is 2.07. The van der Waals surface area contributed by atoms with Crippen LogP contribution in [0.15, 0.2) is 43.0 Å². The number of hydrogen-bond donors (Lipinski definition) is 0. The minimum absolute atomic E-state index is 0.121. The van der Waals surface area contributed by atoms with Gasteiger partial charge in [-0.1, -0.05) is 36.4 Å². The zero-order valence-electron chi connectivity index (χ0n) is 15.9. The summed E-state index contributed by atoms with van der Waals surface area (Å²) in [4.78, 5) is 6.04. The highest BCUT2D eigenvalue weighted by atomic mass is 16.8. The molecule has 6 nitrogen and oxygen atoms in total. The van der Waals surface area contributed by atoms with Gasteiger partial charge in [-0.3, -0.25) is 4.84 Å². The Kier molecular flexibility index (Phi) is 4.20. The van der Waals surface area contributed by atoms with Gasteiger partial charge in [-0.25, -0.2) is 0 Å². The van der Waals surface area contributed by atoms with E-state index in [2.05, 4.69) is 35.9 Å². The molecule has 4 aliphatic rings. The van der Waals surface area contributed by atoms with Crippen LogP contribution >= 0.6 is 0 Å². The molecule has 0 radical (unpaired) electrons. The molecule has 0 unspecified atom stereocenters. The van der Waals surface area contributed by atoms with Crippen LogP contribution in [-0.4, -0.2) is 54.2 Å². The van der Waals surface area contributed by atoms with Crippen LogP contribution in [0.5, 0.6) is 0 Å². The molecule has 1 aliphatic carbocycles. The van der Waals surface area contributed by atoms with E-state index in [9.17, 15) is 0 Å². The van der Waals surface area contributed by atoms with Crippen molar-refractivity contribution in [3.8, 4) is 0 Å². The lowest BCUT2D eigenvalue weighted by atomic mass is 9.93. The lowest BCUT2D eigenvalue weighted by molar-refractivity contribution is -0.248. The summed E-state index contributed by atoms with van der Waals surface area (Å²) >= 11 is 0. The number of nitrogens with zero attached hydrogens (tertiary/aromatic N) is 1.